The van der Waals surface area contributed by atoms with Crippen molar-refractivity contribution in [1.29, 1.82) is 0 Å². The molecule has 2 heteroatoms. The molecule has 0 saturated carbocycles. The number of hydrogen-bond donors (Lipinski definition) is 0. The summed E-state index contributed by atoms with van der Waals surface area (Å²) in [4.78, 5) is 0. The summed E-state index contributed by atoms with van der Waals surface area (Å²) >= 11 is 0. The summed E-state index contributed by atoms with van der Waals surface area (Å²) in [7, 11) is 0. The standard InChI is InChI=1S/C8H9.ClH.Ti/c1-7-4-3-5-8(2)6-7;;/h4-6H,1-2H3;1H;/q-1;;. The Kier molecular flexibility index (Phi) is 7.68. The summed E-state index contributed by atoms with van der Waals surface area (Å²) < 4.78 is 0. The largest absolute Gasteiger partial charge is 0.183 e. The Morgan fingerprint density at radius 2 is 1.50 bits per heavy atom. The predicted octanol–water partition coefficient (Wildman–Crippen LogP) is 2.52. The molecule has 0 spiro atoms. The molecule has 0 aliphatic carbocycles. The van der Waals surface area contributed by atoms with Gasteiger partial charge in [-0.25, -0.2) is 0 Å². The minimum absolute atomic E-state index is 0. The fourth-order valence-electron chi connectivity index (χ4n) is 0.747. The fraction of sp³-hybridized carbons (Fsp3) is 0.250. The second-order valence-electron chi connectivity index (χ2n) is 2.09. The number of rotatable bonds is 0. The Morgan fingerprint density at radius 3 is 1.70 bits per heavy atom. The molecule has 0 atom stereocenters. The monoisotopic (exact) mass is 189 g/mol. The molecule has 0 saturated heterocycles. The maximum Gasteiger partial charge on any atom is 0 e. The first kappa shape index (κ1) is 12.9. The van der Waals surface area contributed by atoms with Crippen molar-refractivity contribution in [2.24, 2.45) is 0 Å². The van der Waals surface area contributed by atoms with Crippen molar-refractivity contribution in [3.8, 4) is 0 Å². The van der Waals surface area contributed by atoms with Crippen molar-refractivity contribution in [1.82, 2.24) is 0 Å². The molecule has 54 valence electrons. The van der Waals surface area contributed by atoms with Crippen LogP contribution in [0.15, 0.2) is 18.2 Å². The van der Waals surface area contributed by atoms with Crippen LogP contribution >= 0.6 is 12.4 Å². The quantitative estimate of drug-likeness (QED) is 0.435. The zero-order valence-corrected chi connectivity index (χ0v) is 8.52. The number of aryl methyl sites for hydroxylation is 2. The maximum absolute atomic E-state index is 3.03. The zero-order valence-electron chi connectivity index (χ0n) is 6.14. The summed E-state index contributed by atoms with van der Waals surface area (Å²) in [5.41, 5.74) is 2.56. The van der Waals surface area contributed by atoms with Gasteiger partial charge in [0.15, 0.2) is 0 Å². The van der Waals surface area contributed by atoms with Crippen LogP contribution in [0.5, 0.6) is 0 Å². The molecule has 0 aromatic heterocycles. The summed E-state index contributed by atoms with van der Waals surface area (Å²) in [6.07, 6.45) is 0. The van der Waals surface area contributed by atoms with Gasteiger partial charge in [0.2, 0.25) is 0 Å². The Hall–Kier alpha value is 0.224. The van der Waals surface area contributed by atoms with E-state index in [-0.39, 0.29) is 34.1 Å². The van der Waals surface area contributed by atoms with E-state index in [2.05, 4.69) is 26.0 Å². The molecule has 0 unspecified atom stereocenters. The first-order valence-electron chi connectivity index (χ1n) is 2.73. The van der Waals surface area contributed by atoms with Crippen LogP contribution in [-0.2, 0) is 21.7 Å². The van der Waals surface area contributed by atoms with E-state index >= 15 is 0 Å². The molecule has 1 rings (SSSR count). The van der Waals surface area contributed by atoms with Crippen LogP contribution in [0.4, 0.5) is 0 Å². The number of halogens is 1. The molecule has 0 aliphatic heterocycles. The van der Waals surface area contributed by atoms with E-state index in [1.165, 1.54) is 11.1 Å². The van der Waals surface area contributed by atoms with Gasteiger partial charge in [-0.05, 0) is 0 Å². The van der Waals surface area contributed by atoms with E-state index in [9.17, 15) is 0 Å². The summed E-state index contributed by atoms with van der Waals surface area (Å²) in [6.45, 7) is 4.15. The van der Waals surface area contributed by atoms with Gasteiger partial charge in [-0.3, -0.25) is 0 Å². The summed E-state index contributed by atoms with van der Waals surface area (Å²) in [5, 5.41) is 0. The van der Waals surface area contributed by atoms with E-state index in [1.807, 2.05) is 12.1 Å². The first-order valence-corrected chi connectivity index (χ1v) is 2.73. The van der Waals surface area contributed by atoms with Gasteiger partial charge < -0.3 is 0 Å². The van der Waals surface area contributed by atoms with Gasteiger partial charge in [0.1, 0.15) is 0 Å². The van der Waals surface area contributed by atoms with E-state index < -0.39 is 0 Å². The Labute approximate surface area is 83.3 Å². The maximum atomic E-state index is 3.03. The van der Waals surface area contributed by atoms with Gasteiger partial charge >= 0.3 is 0 Å². The number of benzene rings is 1. The summed E-state index contributed by atoms with van der Waals surface area (Å²) in [5.74, 6) is 0. The minimum Gasteiger partial charge on any atom is -0.183 e. The van der Waals surface area contributed by atoms with E-state index in [1.54, 1.807) is 0 Å². The van der Waals surface area contributed by atoms with Crippen molar-refractivity contribution in [3.63, 3.8) is 0 Å². The van der Waals surface area contributed by atoms with Crippen molar-refractivity contribution in [2.75, 3.05) is 0 Å². The number of hydrogen-bond acceptors (Lipinski definition) is 0. The molecule has 0 nitrogen and oxygen atoms in total. The summed E-state index contributed by atoms with van der Waals surface area (Å²) in [6, 6.07) is 9.12. The Morgan fingerprint density at radius 1 is 1.10 bits per heavy atom. The zero-order chi connectivity index (χ0) is 5.98. The second kappa shape index (κ2) is 5.97. The third-order valence-electron chi connectivity index (χ3n) is 1.08. The molecule has 0 amide bonds. The van der Waals surface area contributed by atoms with Gasteiger partial charge in [0.25, 0.3) is 0 Å². The molecular weight excluding hydrogens is 179 g/mol. The van der Waals surface area contributed by atoms with Crippen LogP contribution in [0.1, 0.15) is 11.1 Å². The van der Waals surface area contributed by atoms with Gasteiger partial charge in [0, 0.05) is 21.7 Å². The van der Waals surface area contributed by atoms with Crippen molar-refractivity contribution in [2.45, 2.75) is 13.8 Å². The van der Waals surface area contributed by atoms with Gasteiger partial charge in [-0.1, -0.05) is 13.8 Å². The fourth-order valence-corrected chi connectivity index (χ4v) is 0.747. The normalized spacial score (nSPS) is 7.40. The van der Waals surface area contributed by atoms with Crippen LogP contribution in [0.25, 0.3) is 0 Å². The van der Waals surface area contributed by atoms with Crippen LogP contribution < -0.4 is 0 Å². The molecule has 10 heavy (non-hydrogen) atoms. The molecule has 0 N–H and O–H groups in total. The third kappa shape index (κ3) is 4.11. The van der Waals surface area contributed by atoms with Gasteiger partial charge in [0.05, 0.1) is 0 Å². The average Bonchev–Trinajstić information content (AvgIpc) is 1.64. The Balaban J connectivity index is 0. The Bertz CT molecular complexity index is 169. The van der Waals surface area contributed by atoms with Crippen molar-refractivity contribution >= 4 is 12.4 Å². The minimum atomic E-state index is 0. The molecule has 1 aromatic carbocycles. The van der Waals surface area contributed by atoms with Crippen molar-refractivity contribution < 1.29 is 21.7 Å². The van der Waals surface area contributed by atoms with Crippen LogP contribution in [0.3, 0.4) is 0 Å². The second-order valence-corrected chi connectivity index (χ2v) is 2.09. The van der Waals surface area contributed by atoms with Crippen LogP contribution in [0, 0.1) is 19.9 Å². The predicted molar refractivity (Wildman–Crippen MR) is 42.0 cm³/mol. The third-order valence-corrected chi connectivity index (χ3v) is 1.08. The molecule has 1 aromatic rings. The first-order chi connectivity index (χ1) is 3.79. The van der Waals surface area contributed by atoms with Gasteiger partial charge in [-0.15, -0.1) is 12.4 Å². The topological polar surface area (TPSA) is 0 Å². The van der Waals surface area contributed by atoms with E-state index in [0.717, 1.165) is 0 Å². The van der Waals surface area contributed by atoms with Crippen LogP contribution in [-0.4, -0.2) is 0 Å². The van der Waals surface area contributed by atoms with Crippen LogP contribution in [0.2, 0.25) is 0 Å². The van der Waals surface area contributed by atoms with Gasteiger partial charge in [-0.2, -0.15) is 35.4 Å². The molecule has 0 bridgehead atoms. The molecule has 0 radical (unpaired) electrons. The smallest absolute Gasteiger partial charge is 0 e. The van der Waals surface area contributed by atoms with E-state index in [4.69, 9.17) is 0 Å². The molecular formula is C8H10ClTi-. The average molecular weight is 189 g/mol. The molecule has 0 aliphatic rings. The molecule has 0 fully saturated rings. The van der Waals surface area contributed by atoms with Crippen molar-refractivity contribution in [3.05, 3.63) is 35.4 Å². The van der Waals surface area contributed by atoms with E-state index in [0.29, 0.717) is 0 Å². The molecule has 0 heterocycles. The SMILES string of the molecule is Cc1c[c-]cc(C)c1.Cl.[Ti].